The van der Waals surface area contributed by atoms with E-state index in [9.17, 15) is 23.9 Å². The van der Waals surface area contributed by atoms with Gasteiger partial charge in [-0.25, -0.2) is 9.50 Å². The number of aryl methyl sites for hydroxylation is 1. The fourth-order valence-corrected chi connectivity index (χ4v) is 5.67. The molecule has 2 aliphatic heterocycles. The number of amides is 1. The number of rotatable bonds is 5. The smallest absolute Gasteiger partial charge is 0.387 e. The van der Waals surface area contributed by atoms with Crippen LogP contribution >= 0.6 is 0 Å². The second-order valence-electron chi connectivity index (χ2n) is 10.1. The van der Waals surface area contributed by atoms with Gasteiger partial charge in [0.1, 0.15) is 17.3 Å². The first-order valence-corrected chi connectivity index (χ1v) is 12.9. The van der Waals surface area contributed by atoms with Gasteiger partial charge in [0.15, 0.2) is 5.65 Å². The SMILES string of the molecule is Cc1cn2nc([C@@H]3CCCCN3C(=O)c3cc4c(OC(F)F)cccc4[nH]3)cc2nc1N1C[C@@H](C#N)[C@@H](O)C1. The summed E-state index contributed by atoms with van der Waals surface area (Å²) in [7, 11) is 0. The van der Waals surface area contributed by atoms with Crippen LogP contribution in [0.4, 0.5) is 14.6 Å². The molecule has 6 rings (SSSR count). The van der Waals surface area contributed by atoms with E-state index in [-0.39, 0.29) is 17.7 Å². The standard InChI is InChI=1S/C27H27F2N7O3/c1-15-12-36-24(32-25(15)34-13-16(11-30)22(37)14-34)10-19(33-36)21-6-2-3-8-35(21)26(38)20-9-17-18(31-20)5-4-7-23(17)39-27(28)29/h4-5,7,9-10,12,16,21-22,27,31,37H,2-3,6,8,13-14H2,1H3/t16-,21+,22+/m1/s1. The van der Waals surface area contributed by atoms with Crippen LogP contribution in [0.25, 0.3) is 16.6 Å². The number of nitrogens with zero attached hydrogens (tertiary/aromatic N) is 6. The highest BCUT2D eigenvalue weighted by Gasteiger charge is 2.34. The summed E-state index contributed by atoms with van der Waals surface area (Å²) < 4.78 is 32.1. The number of benzene rings is 1. The van der Waals surface area contributed by atoms with Crippen molar-refractivity contribution in [3.63, 3.8) is 0 Å². The van der Waals surface area contributed by atoms with E-state index in [0.717, 1.165) is 24.8 Å². The van der Waals surface area contributed by atoms with E-state index in [1.165, 1.54) is 6.07 Å². The Balaban J connectivity index is 1.30. The Morgan fingerprint density at radius 1 is 1.28 bits per heavy atom. The molecule has 0 bridgehead atoms. The zero-order chi connectivity index (χ0) is 27.3. The van der Waals surface area contributed by atoms with E-state index in [1.54, 1.807) is 27.6 Å². The second-order valence-corrected chi connectivity index (χ2v) is 10.1. The van der Waals surface area contributed by atoms with Crippen molar-refractivity contribution in [2.24, 2.45) is 5.92 Å². The topological polar surface area (TPSA) is 123 Å². The van der Waals surface area contributed by atoms with E-state index in [2.05, 4.69) is 15.8 Å². The number of halogens is 2. The molecule has 2 fully saturated rings. The number of aromatic nitrogens is 4. The number of hydrogen-bond acceptors (Lipinski definition) is 7. The number of carbonyl (C=O) groups is 1. The van der Waals surface area contributed by atoms with Crippen molar-refractivity contribution in [2.45, 2.75) is 44.9 Å². The highest BCUT2D eigenvalue weighted by molar-refractivity contribution is 6.00. The molecule has 4 aromatic rings. The highest BCUT2D eigenvalue weighted by atomic mass is 19.3. The molecule has 0 unspecified atom stereocenters. The number of carbonyl (C=O) groups excluding carboxylic acids is 1. The Morgan fingerprint density at radius 3 is 2.90 bits per heavy atom. The maximum absolute atomic E-state index is 13.7. The van der Waals surface area contributed by atoms with Gasteiger partial charge in [-0.1, -0.05) is 6.07 Å². The predicted molar refractivity (Wildman–Crippen MR) is 138 cm³/mol. The Labute approximate surface area is 222 Å². The van der Waals surface area contributed by atoms with Crippen LogP contribution in [0, 0.1) is 24.2 Å². The molecule has 39 heavy (non-hydrogen) atoms. The zero-order valence-electron chi connectivity index (χ0n) is 21.2. The van der Waals surface area contributed by atoms with Crippen LogP contribution in [-0.2, 0) is 0 Å². The van der Waals surface area contributed by atoms with Crippen LogP contribution in [0.5, 0.6) is 5.75 Å². The van der Waals surface area contributed by atoms with Crippen molar-refractivity contribution >= 4 is 28.3 Å². The monoisotopic (exact) mass is 535 g/mol. The number of aliphatic hydroxyl groups is 1. The van der Waals surface area contributed by atoms with Crippen LogP contribution in [0.3, 0.4) is 0 Å². The van der Waals surface area contributed by atoms with E-state index in [4.69, 9.17) is 10.1 Å². The summed E-state index contributed by atoms with van der Waals surface area (Å²) >= 11 is 0. The quantitative estimate of drug-likeness (QED) is 0.398. The summed E-state index contributed by atoms with van der Waals surface area (Å²) in [5.74, 6) is 0.00109. The van der Waals surface area contributed by atoms with Gasteiger partial charge in [-0.05, 0) is 44.4 Å². The maximum Gasteiger partial charge on any atom is 0.387 e. The molecule has 0 radical (unpaired) electrons. The van der Waals surface area contributed by atoms with Crippen LogP contribution < -0.4 is 9.64 Å². The van der Waals surface area contributed by atoms with E-state index in [0.29, 0.717) is 53.4 Å². The number of hydrogen-bond donors (Lipinski definition) is 2. The molecule has 12 heteroatoms. The first-order chi connectivity index (χ1) is 18.8. The third-order valence-corrected chi connectivity index (χ3v) is 7.55. The van der Waals surface area contributed by atoms with Crippen LogP contribution in [0.2, 0.25) is 0 Å². The molecular formula is C27H27F2N7O3. The van der Waals surface area contributed by atoms with Crippen molar-refractivity contribution < 1.29 is 23.4 Å². The van der Waals surface area contributed by atoms with E-state index < -0.39 is 18.6 Å². The van der Waals surface area contributed by atoms with E-state index >= 15 is 0 Å². The van der Waals surface area contributed by atoms with Crippen molar-refractivity contribution in [3.05, 3.63) is 53.5 Å². The predicted octanol–water partition coefficient (Wildman–Crippen LogP) is 3.81. The highest BCUT2D eigenvalue weighted by Crippen LogP contribution is 2.34. The van der Waals surface area contributed by atoms with Gasteiger partial charge >= 0.3 is 6.61 Å². The van der Waals surface area contributed by atoms with Gasteiger partial charge in [0.05, 0.1) is 29.8 Å². The van der Waals surface area contributed by atoms with Crippen molar-refractivity contribution in [1.82, 2.24) is 24.5 Å². The molecule has 0 aliphatic carbocycles. The lowest BCUT2D eigenvalue weighted by Gasteiger charge is -2.34. The molecule has 10 nitrogen and oxygen atoms in total. The number of aromatic amines is 1. The van der Waals surface area contributed by atoms with Crippen LogP contribution in [0.15, 0.2) is 36.5 Å². The van der Waals surface area contributed by atoms with Gasteiger partial charge in [0.25, 0.3) is 5.91 Å². The number of likely N-dealkylation sites (tertiary alicyclic amines) is 1. The molecule has 5 heterocycles. The van der Waals surface area contributed by atoms with Crippen LogP contribution in [0.1, 0.15) is 47.1 Å². The number of fused-ring (bicyclic) bond motifs is 2. The normalized spacial score (nSPS) is 21.7. The van der Waals surface area contributed by atoms with Gasteiger partial charge in [-0.3, -0.25) is 4.79 Å². The van der Waals surface area contributed by atoms with Crippen molar-refractivity contribution in [1.29, 1.82) is 5.26 Å². The van der Waals surface area contributed by atoms with Gasteiger partial charge in [-0.15, -0.1) is 0 Å². The second kappa shape index (κ2) is 9.81. The third kappa shape index (κ3) is 4.52. The average molecular weight is 536 g/mol. The van der Waals surface area contributed by atoms with Gasteiger partial charge in [0, 0.05) is 48.4 Å². The average Bonchev–Trinajstić information content (AvgIpc) is 3.64. The number of piperidine rings is 1. The summed E-state index contributed by atoms with van der Waals surface area (Å²) in [5, 5.41) is 24.6. The number of ether oxygens (including phenoxy) is 1. The lowest BCUT2D eigenvalue weighted by Crippen LogP contribution is -2.38. The largest absolute Gasteiger partial charge is 0.434 e. The van der Waals surface area contributed by atoms with Gasteiger partial charge in [0.2, 0.25) is 0 Å². The molecule has 0 spiro atoms. The van der Waals surface area contributed by atoms with E-state index in [1.807, 2.05) is 24.1 Å². The molecule has 2 N–H and O–H groups in total. The lowest BCUT2D eigenvalue weighted by molar-refractivity contribution is -0.0487. The van der Waals surface area contributed by atoms with Gasteiger partial charge < -0.3 is 24.6 Å². The Morgan fingerprint density at radius 2 is 2.13 bits per heavy atom. The minimum absolute atomic E-state index is 0.0113. The molecule has 3 atom stereocenters. The maximum atomic E-state index is 13.7. The van der Waals surface area contributed by atoms with Crippen molar-refractivity contribution in [2.75, 3.05) is 24.5 Å². The first-order valence-electron chi connectivity index (χ1n) is 12.9. The number of nitrogens with one attached hydrogen (secondary N) is 1. The summed E-state index contributed by atoms with van der Waals surface area (Å²) in [6, 6.07) is 10.0. The molecule has 3 aromatic heterocycles. The summed E-state index contributed by atoms with van der Waals surface area (Å²) in [6.45, 7) is 0.219. The molecule has 1 amide bonds. The molecular weight excluding hydrogens is 508 g/mol. The number of β-amino-alcohol motifs (C(OH)–C–C–N with tert-alkyl or cyclic N) is 1. The third-order valence-electron chi connectivity index (χ3n) is 7.55. The Hall–Kier alpha value is -4.24. The number of aliphatic hydroxyl groups excluding tert-OH is 1. The molecule has 202 valence electrons. The summed E-state index contributed by atoms with van der Waals surface area (Å²) in [6.07, 6.45) is 3.64. The molecule has 1 aromatic carbocycles. The summed E-state index contributed by atoms with van der Waals surface area (Å²) in [4.78, 5) is 25.2. The number of anilines is 1. The zero-order valence-corrected chi connectivity index (χ0v) is 21.2. The van der Waals surface area contributed by atoms with Gasteiger partial charge in [-0.2, -0.15) is 19.1 Å². The molecule has 0 saturated carbocycles. The van der Waals surface area contributed by atoms with Crippen molar-refractivity contribution in [3.8, 4) is 11.8 Å². The minimum atomic E-state index is -2.97. The fourth-order valence-electron chi connectivity index (χ4n) is 5.67. The Bertz CT molecular complexity index is 1590. The molecule has 2 saturated heterocycles. The number of nitriles is 1. The fraction of sp³-hybridized carbons (Fsp3) is 0.407. The first kappa shape index (κ1) is 25.1. The minimum Gasteiger partial charge on any atom is -0.434 e. The Kier molecular flexibility index (Phi) is 6.31. The summed E-state index contributed by atoms with van der Waals surface area (Å²) in [5.41, 5.74) is 3.01. The lowest BCUT2D eigenvalue weighted by atomic mass is 9.99. The van der Waals surface area contributed by atoms with Crippen LogP contribution in [-0.4, -0.2) is 67.8 Å². The molecule has 2 aliphatic rings. The number of alkyl halides is 2. The number of H-pyrrole nitrogens is 1.